The number of aryl methyl sites for hydroxylation is 1. The first kappa shape index (κ1) is 16.3. The number of rotatable bonds is 6. The summed E-state index contributed by atoms with van der Waals surface area (Å²) in [6.07, 6.45) is 2.54. The first-order valence-electron chi connectivity index (χ1n) is 8.35. The summed E-state index contributed by atoms with van der Waals surface area (Å²) >= 11 is 0. The number of nitrogens with zero attached hydrogens (tertiary/aromatic N) is 2. The molecule has 1 atom stereocenters. The molecule has 2 N–H and O–H groups in total. The molecule has 0 aliphatic carbocycles. The molecular formula is C18H31N3. The van der Waals surface area contributed by atoms with Crippen LogP contribution in [0, 0.1) is 19.8 Å². The van der Waals surface area contributed by atoms with Crippen LogP contribution in [0.1, 0.15) is 30.9 Å². The monoisotopic (exact) mass is 289 g/mol. The summed E-state index contributed by atoms with van der Waals surface area (Å²) < 4.78 is 0. The van der Waals surface area contributed by atoms with Gasteiger partial charge in [-0.05, 0) is 62.9 Å². The van der Waals surface area contributed by atoms with Gasteiger partial charge in [-0.25, -0.2) is 0 Å². The maximum absolute atomic E-state index is 5.68. The van der Waals surface area contributed by atoms with Crippen molar-refractivity contribution in [3.8, 4) is 0 Å². The topological polar surface area (TPSA) is 32.5 Å². The number of hydrogen-bond acceptors (Lipinski definition) is 3. The minimum atomic E-state index is 0.668. The van der Waals surface area contributed by atoms with E-state index in [-0.39, 0.29) is 0 Å². The molecule has 3 nitrogen and oxygen atoms in total. The van der Waals surface area contributed by atoms with Crippen molar-refractivity contribution >= 4 is 5.69 Å². The van der Waals surface area contributed by atoms with E-state index in [1.807, 2.05) is 0 Å². The van der Waals surface area contributed by atoms with E-state index in [0.717, 1.165) is 19.6 Å². The Morgan fingerprint density at radius 1 is 1.14 bits per heavy atom. The third kappa shape index (κ3) is 4.45. The normalized spacial score (nSPS) is 18.0. The molecule has 0 aromatic heterocycles. The zero-order valence-corrected chi connectivity index (χ0v) is 13.9. The van der Waals surface area contributed by atoms with Crippen LogP contribution in [0.2, 0.25) is 0 Å². The lowest BCUT2D eigenvalue weighted by Gasteiger charge is -2.37. The van der Waals surface area contributed by atoms with E-state index in [2.05, 4.69) is 48.8 Å². The van der Waals surface area contributed by atoms with Crippen molar-refractivity contribution in [1.29, 1.82) is 0 Å². The van der Waals surface area contributed by atoms with Gasteiger partial charge in [-0.1, -0.05) is 19.1 Å². The molecule has 1 aromatic carbocycles. The summed E-state index contributed by atoms with van der Waals surface area (Å²) in [5.41, 5.74) is 9.93. The number of nitrogens with two attached hydrogens (primary N) is 1. The van der Waals surface area contributed by atoms with Crippen LogP contribution >= 0.6 is 0 Å². The zero-order chi connectivity index (χ0) is 15.2. The van der Waals surface area contributed by atoms with Gasteiger partial charge in [-0.3, -0.25) is 4.90 Å². The molecule has 21 heavy (non-hydrogen) atoms. The van der Waals surface area contributed by atoms with E-state index >= 15 is 0 Å². The van der Waals surface area contributed by atoms with Crippen molar-refractivity contribution in [2.24, 2.45) is 11.7 Å². The number of piperazine rings is 1. The fraction of sp³-hybridized carbons (Fsp3) is 0.667. The Hall–Kier alpha value is -1.06. The van der Waals surface area contributed by atoms with Gasteiger partial charge in [0, 0.05) is 31.9 Å². The molecule has 0 spiro atoms. The summed E-state index contributed by atoms with van der Waals surface area (Å²) in [6, 6.07) is 6.65. The van der Waals surface area contributed by atoms with Crippen LogP contribution in [0.15, 0.2) is 18.2 Å². The lowest BCUT2D eigenvalue weighted by molar-refractivity contribution is 0.248. The van der Waals surface area contributed by atoms with E-state index in [0.29, 0.717) is 5.92 Å². The average molecular weight is 289 g/mol. The molecule has 1 heterocycles. The van der Waals surface area contributed by atoms with Gasteiger partial charge in [0.15, 0.2) is 0 Å². The highest BCUT2D eigenvalue weighted by Crippen LogP contribution is 2.23. The number of anilines is 1. The van der Waals surface area contributed by atoms with E-state index in [4.69, 9.17) is 5.73 Å². The Labute approximate surface area is 130 Å². The molecule has 1 unspecified atom stereocenters. The molecule has 0 saturated carbocycles. The van der Waals surface area contributed by atoms with Gasteiger partial charge in [0.2, 0.25) is 0 Å². The average Bonchev–Trinajstić information content (AvgIpc) is 2.51. The smallest absolute Gasteiger partial charge is 0.0399 e. The summed E-state index contributed by atoms with van der Waals surface area (Å²) in [5.74, 6) is 0.668. The van der Waals surface area contributed by atoms with Crippen LogP contribution in [-0.2, 0) is 0 Å². The second kappa shape index (κ2) is 7.81. The molecule has 1 saturated heterocycles. The van der Waals surface area contributed by atoms with Gasteiger partial charge in [0.05, 0.1) is 0 Å². The van der Waals surface area contributed by atoms with Crippen molar-refractivity contribution in [1.82, 2.24) is 4.90 Å². The van der Waals surface area contributed by atoms with E-state index in [9.17, 15) is 0 Å². The second-order valence-electron chi connectivity index (χ2n) is 6.53. The van der Waals surface area contributed by atoms with Crippen LogP contribution in [0.25, 0.3) is 0 Å². The highest BCUT2D eigenvalue weighted by molar-refractivity contribution is 5.56. The predicted octanol–water partition coefficient (Wildman–Crippen LogP) is 2.80. The van der Waals surface area contributed by atoms with Crippen LogP contribution in [0.3, 0.4) is 0 Å². The van der Waals surface area contributed by atoms with Crippen molar-refractivity contribution in [2.45, 2.75) is 33.6 Å². The van der Waals surface area contributed by atoms with Gasteiger partial charge < -0.3 is 10.6 Å². The minimum absolute atomic E-state index is 0.668. The van der Waals surface area contributed by atoms with Crippen molar-refractivity contribution in [2.75, 3.05) is 44.2 Å². The van der Waals surface area contributed by atoms with Crippen molar-refractivity contribution in [3.63, 3.8) is 0 Å². The maximum atomic E-state index is 5.68. The number of benzene rings is 1. The van der Waals surface area contributed by atoms with Crippen LogP contribution in [-0.4, -0.2) is 44.2 Å². The van der Waals surface area contributed by atoms with Gasteiger partial charge in [0.25, 0.3) is 0 Å². The van der Waals surface area contributed by atoms with Crippen molar-refractivity contribution < 1.29 is 0 Å². The summed E-state index contributed by atoms with van der Waals surface area (Å²) in [6.45, 7) is 13.4. The third-order valence-electron chi connectivity index (χ3n) is 4.86. The molecule has 0 radical (unpaired) electrons. The molecule has 3 heteroatoms. The SMILES string of the molecule is Cc1cccc(N2CCN(CCCC(C)CN)CC2)c1C. The Morgan fingerprint density at radius 3 is 2.52 bits per heavy atom. The Balaban J connectivity index is 1.79. The highest BCUT2D eigenvalue weighted by Gasteiger charge is 2.18. The van der Waals surface area contributed by atoms with Gasteiger partial charge in [-0.15, -0.1) is 0 Å². The van der Waals surface area contributed by atoms with Gasteiger partial charge in [-0.2, -0.15) is 0 Å². The first-order valence-corrected chi connectivity index (χ1v) is 8.35. The molecule has 2 rings (SSSR count). The molecule has 118 valence electrons. The fourth-order valence-electron chi connectivity index (χ4n) is 3.07. The molecule has 0 amide bonds. The maximum Gasteiger partial charge on any atom is 0.0399 e. The molecule has 1 fully saturated rings. The van der Waals surface area contributed by atoms with E-state index in [1.54, 1.807) is 0 Å². The quantitative estimate of drug-likeness (QED) is 0.874. The third-order valence-corrected chi connectivity index (χ3v) is 4.86. The first-order chi connectivity index (χ1) is 10.1. The van der Waals surface area contributed by atoms with Crippen LogP contribution in [0.5, 0.6) is 0 Å². The lowest BCUT2D eigenvalue weighted by atomic mass is 10.1. The molecule has 1 aliphatic rings. The Kier molecular flexibility index (Phi) is 6.07. The van der Waals surface area contributed by atoms with Gasteiger partial charge in [0.1, 0.15) is 0 Å². The molecule has 1 aliphatic heterocycles. The van der Waals surface area contributed by atoms with Crippen LogP contribution in [0.4, 0.5) is 5.69 Å². The largest absolute Gasteiger partial charge is 0.369 e. The second-order valence-corrected chi connectivity index (χ2v) is 6.53. The minimum Gasteiger partial charge on any atom is -0.369 e. The van der Waals surface area contributed by atoms with E-state index in [1.165, 1.54) is 49.3 Å². The zero-order valence-electron chi connectivity index (χ0n) is 13.9. The lowest BCUT2D eigenvalue weighted by Crippen LogP contribution is -2.46. The fourth-order valence-corrected chi connectivity index (χ4v) is 3.07. The number of hydrogen-bond donors (Lipinski definition) is 1. The van der Waals surface area contributed by atoms with Crippen LogP contribution < -0.4 is 10.6 Å². The molecular weight excluding hydrogens is 258 g/mol. The standard InChI is InChI=1S/C18H31N3/c1-15(14-19)6-5-9-20-10-12-21(13-11-20)18-8-4-7-16(2)17(18)3/h4,7-8,15H,5-6,9-14,19H2,1-3H3. The molecule has 0 bridgehead atoms. The Bertz CT molecular complexity index is 436. The Morgan fingerprint density at radius 2 is 1.86 bits per heavy atom. The van der Waals surface area contributed by atoms with Gasteiger partial charge >= 0.3 is 0 Å². The molecule has 1 aromatic rings. The summed E-state index contributed by atoms with van der Waals surface area (Å²) in [5, 5.41) is 0. The van der Waals surface area contributed by atoms with Crippen molar-refractivity contribution in [3.05, 3.63) is 29.3 Å². The highest BCUT2D eigenvalue weighted by atomic mass is 15.3. The predicted molar refractivity (Wildman–Crippen MR) is 92.0 cm³/mol. The van der Waals surface area contributed by atoms with E-state index < -0.39 is 0 Å². The summed E-state index contributed by atoms with van der Waals surface area (Å²) in [4.78, 5) is 5.15. The summed E-state index contributed by atoms with van der Waals surface area (Å²) in [7, 11) is 0.